The number of likely N-dealkylation sites (tertiary alicyclic amines) is 1. The molecule has 0 N–H and O–H groups in total. The van der Waals surface area contributed by atoms with E-state index >= 15 is 0 Å². The van der Waals surface area contributed by atoms with Gasteiger partial charge in [-0.05, 0) is 45.7 Å². The molecule has 1 saturated heterocycles. The molecular weight excluding hydrogens is 281 g/mol. The van der Waals surface area contributed by atoms with Gasteiger partial charge in [0.1, 0.15) is 13.4 Å². The molecule has 2 radical (unpaired) electrons. The minimum absolute atomic E-state index is 0.196. The maximum atomic E-state index is 12.0. The molecule has 1 aromatic carbocycles. The van der Waals surface area contributed by atoms with Crippen LogP contribution >= 0.6 is 11.8 Å². The van der Waals surface area contributed by atoms with Crippen LogP contribution in [0, 0.1) is 0 Å². The number of benzene rings is 1. The summed E-state index contributed by atoms with van der Waals surface area (Å²) in [7, 11) is 5.69. The predicted molar refractivity (Wildman–Crippen MR) is 88.5 cm³/mol. The first-order valence-corrected chi connectivity index (χ1v) is 8.21. The Morgan fingerprint density at radius 3 is 2.33 bits per heavy atom. The molecule has 21 heavy (non-hydrogen) atoms. The third-order valence-electron chi connectivity index (χ3n) is 3.28. The van der Waals surface area contributed by atoms with Gasteiger partial charge in [-0.2, -0.15) is 0 Å². The van der Waals surface area contributed by atoms with Crippen LogP contribution in [0.5, 0.6) is 0 Å². The van der Waals surface area contributed by atoms with Gasteiger partial charge in [-0.3, -0.25) is 0 Å². The van der Waals surface area contributed by atoms with Gasteiger partial charge < -0.3 is 9.64 Å². The van der Waals surface area contributed by atoms with Crippen molar-refractivity contribution in [2.24, 2.45) is 0 Å². The Labute approximate surface area is 132 Å². The molecule has 0 bridgehead atoms. The summed E-state index contributed by atoms with van der Waals surface area (Å²) in [6, 6.07) is 7.97. The molecule has 0 spiro atoms. The normalized spacial score (nSPS) is 16.8. The summed E-state index contributed by atoms with van der Waals surface area (Å²) in [5, 5.41) is 0.548. The molecule has 1 aromatic rings. The van der Waals surface area contributed by atoms with E-state index in [-0.39, 0.29) is 6.09 Å². The van der Waals surface area contributed by atoms with Crippen LogP contribution in [0.15, 0.2) is 29.2 Å². The number of hydrogen-bond acceptors (Lipinski definition) is 3. The molecule has 0 atom stereocenters. The number of carbonyl (C=O) groups excluding carboxylic acids is 1. The summed E-state index contributed by atoms with van der Waals surface area (Å²) < 4.78 is 5.41. The molecule has 2 rings (SSSR count). The van der Waals surface area contributed by atoms with E-state index in [2.05, 4.69) is 12.1 Å². The van der Waals surface area contributed by atoms with E-state index in [4.69, 9.17) is 12.6 Å². The lowest BCUT2D eigenvalue weighted by Gasteiger charge is -2.33. The number of hydrogen-bond donors (Lipinski definition) is 0. The number of rotatable bonds is 2. The Hall–Kier alpha value is -1.10. The van der Waals surface area contributed by atoms with Gasteiger partial charge in [-0.1, -0.05) is 17.6 Å². The summed E-state index contributed by atoms with van der Waals surface area (Å²) in [6.45, 7) is 7.22. The number of ether oxygens (including phenoxy) is 1. The fourth-order valence-corrected chi connectivity index (χ4v) is 3.35. The first kappa shape index (κ1) is 16.3. The van der Waals surface area contributed by atoms with Gasteiger partial charge in [0.25, 0.3) is 0 Å². The Balaban J connectivity index is 1.80. The average Bonchev–Trinajstić information content (AvgIpc) is 2.40. The molecule has 0 aromatic heterocycles. The summed E-state index contributed by atoms with van der Waals surface area (Å²) in [4.78, 5) is 15.0. The maximum Gasteiger partial charge on any atom is 0.410 e. The lowest BCUT2D eigenvalue weighted by atomic mass is 9.97. The number of carbonyl (C=O) groups is 1. The van der Waals surface area contributed by atoms with Gasteiger partial charge in [0.05, 0.1) is 0 Å². The third kappa shape index (κ3) is 5.31. The van der Waals surface area contributed by atoms with Crippen LogP contribution < -0.4 is 5.46 Å². The van der Waals surface area contributed by atoms with E-state index in [9.17, 15) is 4.79 Å². The van der Waals surface area contributed by atoms with Crippen LogP contribution in [0.3, 0.4) is 0 Å². The van der Waals surface area contributed by atoms with Crippen LogP contribution in [0.25, 0.3) is 0 Å². The topological polar surface area (TPSA) is 29.5 Å². The molecule has 1 amide bonds. The second-order valence-electron chi connectivity index (χ2n) is 6.35. The smallest absolute Gasteiger partial charge is 0.410 e. The zero-order valence-electron chi connectivity index (χ0n) is 13.0. The van der Waals surface area contributed by atoms with Gasteiger partial charge in [0.2, 0.25) is 0 Å². The highest BCUT2D eigenvalue weighted by Crippen LogP contribution is 2.30. The van der Waals surface area contributed by atoms with E-state index in [0.717, 1.165) is 31.4 Å². The zero-order chi connectivity index (χ0) is 15.5. The lowest BCUT2D eigenvalue weighted by molar-refractivity contribution is 0.0219. The van der Waals surface area contributed by atoms with Gasteiger partial charge >= 0.3 is 6.09 Å². The van der Waals surface area contributed by atoms with Crippen molar-refractivity contribution < 1.29 is 9.53 Å². The fourth-order valence-electron chi connectivity index (χ4n) is 2.22. The van der Waals surface area contributed by atoms with Crippen LogP contribution in [-0.2, 0) is 4.74 Å². The molecular formula is C16H22BNO2S. The van der Waals surface area contributed by atoms with E-state index in [1.54, 1.807) is 0 Å². The van der Waals surface area contributed by atoms with Gasteiger partial charge in [0, 0.05) is 23.2 Å². The summed E-state index contributed by atoms with van der Waals surface area (Å²) in [6.07, 6.45) is 1.79. The summed E-state index contributed by atoms with van der Waals surface area (Å²) in [5.41, 5.74) is 0.367. The predicted octanol–water partition coefficient (Wildman–Crippen LogP) is 2.97. The Morgan fingerprint density at radius 1 is 1.24 bits per heavy atom. The standard InChI is InChI=1S/C16H22BNO2S/c1-16(2,3)20-15(19)18-10-8-14(9-11-18)21-13-6-4-12(17)5-7-13/h4-7,14H,8-11H2,1-3H3. The second-order valence-corrected chi connectivity index (χ2v) is 7.73. The molecule has 1 fully saturated rings. The Morgan fingerprint density at radius 2 is 1.81 bits per heavy atom. The maximum absolute atomic E-state index is 12.0. The fraction of sp³-hybridized carbons (Fsp3) is 0.562. The van der Waals surface area contributed by atoms with Gasteiger partial charge in [-0.15, -0.1) is 11.8 Å². The first-order chi connectivity index (χ1) is 9.83. The molecule has 1 aliphatic heterocycles. The monoisotopic (exact) mass is 303 g/mol. The van der Waals surface area contributed by atoms with Crippen molar-refractivity contribution in [1.82, 2.24) is 4.90 Å². The number of piperidine rings is 1. The van der Waals surface area contributed by atoms with Crippen molar-refractivity contribution in [2.75, 3.05) is 13.1 Å². The van der Waals surface area contributed by atoms with Crippen LogP contribution in [-0.4, -0.2) is 42.8 Å². The van der Waals surface area contributed by atoms with E-state index < -0.39 is 5.60 Å². The zero-order valence-corrected chi connectivity index (χ0v) is 13.8. The highest BCUT2D eigenvalue weighted by Gasteiger charge is 2.27. The quantitative estimate of drug-likeness (QED) is 0.787. The molecule has 5 heteroatoms. The SMILES string of the molecule is [B]c1ccc(SC2CCN(C(=O)OC(C)(C)C)CC2)cc1. The number of amides is 1. The molecule has 0 saturated carbocycles. The number of thioether (sulfide) groups is 1. The third-order valence-corrected chi connectivity index (χ3v) is 4.63. The molecule has 3 nitrogen and oxygen atoms in total. The minimum atomic E-state index is -0.424. The minimum Gasteiger partial charge on any atom is -0.444 e. The van der Waals surface area contributed by atoms with Gasteiger partial charge in [-0.25, -0.2) is 4.79 Å². The van der Waals surface area contributed by atoms with Crippen LogP contribution in [0.4, 0.5) is 4.79 Å². The van der Waals surface area contributed by atoms with Crippen molar-refractivity contribution in [3.8, 4) is 0 Å². The largest absolute Gasteiger partial charge is 0.444 e. The molecule has 0 unspecified atom stereocenters. The Bertz CT molecular complexity index is 476. The van der Waals surface area contributed by atoms with Crippen molar-refractivity contribution in [1.29, 1.82) is 0 Å². The average molecular weight is 303 g/mol. The highest BCUT2D eigenvalue weighted by atomic mass is 32.2. The van der Waals surface area contributed by atoms with Crippen LogP contribution in [0.2, 0.25) is 0 Å². The molecule has 1 heterocycles. The molecule has 112 valence electrons. The second kappa shape index (κ2) is 6.78. The summed E-state index contributed by atoms with van der Waals surface area (Å²) in [5.74, 6) is 0. The van der Waals surface area contributed by atoms with Crippen LogP contribution in [0.1, 0.15) is 33.6 Å². The van der Waals surface area contributed by atoms with Crippen molar-refractivity contribution in [3.63, 3.8) is 0 Å². The highest BCUT2D eigenvalue weighted by molar-refractivity contribution is 8.00. The number of nitrogens with zero attached hydrogens (tertiary/aromatic N) is 1. The van der Waals surface area contributed by atoms with Crippen molar-refractivity contribution in [2.45, 2.75) is 49.4 Å². The molecule has 0 aliphatic carbocycles. The lowest BCUT2D eigenvalue weighted by Crippen LogP contribution is -2.42. The van der Waals surface area contributed by atoms with E-state index in [1.165, 1.54) is 4.90 Å². The summed E-state index contributed by atoms with van der Waals surface area (Å²) >= 11 is 1.87. The Kier molecular flexibility index (Phi) is 5.25. The van der Waals surface area contributed by atoms with E-state index in [0.29, 0.717) is 5.25 Å². The van der Waals surface area contributed by atoms with Crippen molar-refractivity contribution in [3.05, 3.63) is 24.3 Å². The first-order valence-electron chi connectivity index (χ1n) is 7.33. The van der Waals surface area contributed by atoms with Crippen molar-refractivity contribution >= 4 is 31.2 Å². The van der Waals surface area contributed by atoms with Gasteiger partial charge in [0.15, 0.2) is 0 Å². The van der Waals surface area contributed by atoms with E-state index in [1.807, 2.05) is 49.6 Å². The molecule has 1 aliphatic rings.